The number of benzene rings is 8. The van der Waals surface area contributed by atoms with Crippen LogP contribution in [-0.2, 0) is 0 Å². The standard InChI is InChI=1S/C38H28O2Si/c1-21(39)27-13-9-23-5-7-25-11-19-33(31-17-15-29(27)35(23)37(25)31)41(3,4)34-20-12-26-8-6-24-10-14-28(22(2)40)30-16-18-32(34)38(26)36(24)30/h5-20H,1-4H3. The minimum absolute atomic E-state index is 0.0967. The van der Waals surface area contributed by atoms with E-state index in [1.54, 1.807) is 13.8 Å². The van der Waals surface area contributed by atoms with Gasteiger partial charge in [0, 0.05) is 11.1 Å². The van der Waals surface area contributed by atoms with Crippen molar-refractivity contribution in [2.75, 3.05) is 0 Å². The number of rotatable bonds is 4. The minimum atomic E-state index is -2.24. The third-order valence-corrected chi connectivity index (χ3v) is 13.0. The van der Waals surface area contributed by atoms with Crippen LogP contribution < -0.4 is 10.4 Å². The van der Waals surface area contributed by atoms with Crippen LogP contribution in [-0.4, -0.2) is 19.6 Å². The molecular weight excluding hydrogens is 517 g/mol. The second-order valence-corrected chi connectivity index (χ2v) is 16.4. The summed E-state index contributed by atoms with van der Waals surface area (Å²) in [5.41, 5.74) is 1.57. The zero-order valence-corrected chi connectivity index (χ0v) is 24.6. The zero-order valence-electron chi connectivity index (χ0n) is 23.6. The molecule has 8 rings (SSSR count). The normalized spacial score (nSPS) is 12.6. The molecule has 0 aliphatic rings. The first-order valence-electron chi connectivity index (χ1n) is 14.2. The molecule has 0 spiro atoms. The number of Topliss-reactive ketones (excluding diaryl/α,β-unsaturated/α-hetero) is 2. The van der Waals surface area contributed by atoms with Crippen molar-refractivity contribution in [2.24, 2.45) is 0 Å². The maximum absolute atomic E-state index is 12.5. The van der Waals surface area contributed by atoms with E-state index in [1.165, 1.54) is 64.2 Å². The fourth-order valence-corrected chi connectivity index (χ4v) is 10.5. The summed E-state index contributed by atoms with van der Waals surface area (Å²) in [6.07, 6.45) is 0. The largest absolute Gasteiger partial charge is 0.294 e. The Hall–Kier alpha value is -4.60. The lowest BCUT2D eigenvalue weighted by molar-refractivity contribution is 0.101. The van der Waals surface area contributed by atoms with E-state index in [0.29, 0.717) is 0 Å². The number of carbonyl (C=O) groups is 2. The third-order valence-electron chi connectivity index (χ3n) is 9.43. The summed E-state index contributed by atoms with van der Waals surface area (Å²) in [5, 5.41) is 17.1. The van der Waals surface area contributed by atoms with Gasteiger partial charge in [0.25, 0.3) is 0 Å². The molecule has 0 fully saturated rings. The number of ketones is 2. The molecule has 0 unspecified atom stereocenters. The summed E-state index contributed by atoms with van der Waals surface area (Å²) < 4.78 is 0. The van der Waals surface area contributed by atoms with E-state index >= 15 is 0 Å². The average Bonchev–Trinajstić information content (AvgIpc) is 2.97. The Kier molecular flexibility index (Phi) is 4.85. The Bertz CT molecular complexity index is 2230. The molecule has 8 aromatic rings. The van der Waals surface area contributed by atoms with Crippen molar-refractivity contribution in [3.8, 4) is 0 Å². The molecule has 2 nitrogen and oxygen atoms in total. The molecule has 0 aliphatic carbocycles. The Balaban J connectivity index is 1.45. The van der Waals surface area contributed by atoms with E-state index in [1.807, 2.05) is 12.1 Å². The van der Waals surface area contributed by atoms with Crippen LogP contribution in [0.1, 0.15) is 34.6 Å². The van der Waals surface area contributed by atoms with Gasteiger partial charge in [0.2, 0.25) is 0 Å². The molecule has 0 amide bonds. The fraction of sp³-hybridized carbons (Fsp3) is 0.105. The number of hydrogen-bond donors (Lipinski definition) is 0. The lowest BCUT2D eigenvalue weighted by Crippen LogP contribution is -2.53. The molecule has 0 bridgehead atoms. The Morgan fingerprint density at radius 3 is 1.07 bits per heavy atom. The quantitative estimate of drug-likeness (QED) is 0.126. The van der Waals surface area contributed by atoms with Gasteiger partial charge in [-0.25, -0.2) is 0 Å². The van der Waals surface area contributed by atoms with E-state index in [-0.39, 0.29) is 11.6 Å². The summed E-state index contributed by atoms with van der Waals surface area (Å²) in [7, 11) is -2.24. The van der Waals surface area contributed by atoms with Crippen molar-refractivity contribution in [3.63, 3.8) is 0 Å². The van der Waals surface area contributed by atoms with Crippen LogP contribution in [0.5, 0.6) is 0 Å². The van der Waals surface area contributed by atoms with Crippen LogP contribution in [0.25, 0.3) is 64.6 Å². The fourth-order valence-electron chi connectivity index (χ4n) is 7.45. The maximum Gasteiger partial charge on any atom is 0.160 e. The smallest absolute Gasteiger partial charge is 0.160 e. The van der Waals surface area contributed by atoms with E-state index in [0.717, 1.165) is 21.9 Å². The predicted octanol–water partition coefficient (Wildman–Crippen LogP) is 8.71. The van der Waals surface area contributed by atoms with Crippen LogP contribution in [0.2, 0.25) is 13.1 Å². The molecule has 0 N–H and O–H groups in total. The first kappa shape index (κ1) is 24.2. The highest BCUT2D eigenvalue weighted by Crippen LogP contribution is 2.38. The molecule has 0 aromatic heterocycles. The lowest BCUT2D eigenvalue weighted by Gasteiger charge is -2.29. The molecule has 0 atom stereocenters. The third kappa shape index (κ3) is 3.18. The van der Waals surface area contributed by atoms with Gasteiger partial charge in [0.05, 0.1) is 0 Å². The highest BCUT2D eigenvalue weighted by molar-refractivity contribution is 7.03. The molecule has 0 saturated heterocycles. The number of carbonyl (C=O) groups excluding carboxylic acids is 2. The maximum atomic E-state index is 12.5. The molecule has 41 heavy (non-hydrogen) atoms. The van der Waals surface area contributed by atoms with Gasteiger partial charge in [-0.15, -0.1) is 0 Å². The second-order valence-electron chi connectivity index (χ2n) is 12.0. The molecule has 0 aliphatic heterocycles. The van der Waals surface area contributed by atoms with Crippen molar-refractivity contribution in [2.45, 2.75) is 26.9 Å². The SMILES string of the molecule is CC(=O)c1ccc2ccc3ccc([Si](C)(C)c4ccc5ccc6ccc(C(C)=O)c7ccc4c5c67)c4ccc1c2c34. The highest BCUT2D eigenvalue weighted by atomic mass is 28.3. The summed E-state index contributed by atoms with van der Waals surface area (Å²) in [4.78, 5) is 25.0. The van der Waals surface area contributed by atoms with Crippen LogP contribution in [0.3, 0.4) is 0 Å². The first-order chi connectivity index (χ1) is 19.8. The van der Waals surface area contributed by atoms with E-state index < -0.39 is 8.07 Å². The van der Waals surface area contributed by atoms with E-state index in [2.05, 4.69) is 98.0 Å². The predicted molar refractivity (Wildman–Crippen MR) is 177 cm³/mol. The molecule has 3 heteroatoms. The molecule has 0 heterocycles. The van der Waals surface area contributed by atoms with Crippen molar-refractivity contribution in [1.82, 2.24) is 0 Å². The Labute approximate surface area is 238 Å². The monoisotopic (exact) mass is 544 g/mol. The van der Waals surface area contributed by atoms with E-state index in [9.17, 15) is 9.59 Å². The van der Waals surface area contributed by atoms with Gasteiger partial charge < -0.3 is 0 Å². The molecule has 8 aromatic carbocycles. The van der Waals surface area contributed by atoms with Gasteiger partial charge in [-0.05, 0) is 88.9 Å². The second kappa shape index (κ2) is 8.22. The molecule has 0 radical (unpaired) electrons. The van der Waals surface area contributed by atoms with Crippen molar-refractivity contribution in [1.29, 1.82) is 0 Å². The topological polar surface area (TPSA) is 34.1 Å². The van der Waals surface area contributed by atoms with Crippen LogP contribution >= 0.6 is 0 Å². The molecule has 0 saturated carbocycles. The summed E-state index contributed by atoms with van der Waals surface area (Å²) in [5.74, 6) is 0.193. The van der Waals surface area contributed by atoms with Gasteiger partial charge in [-0.2, -0.15) is 0 Å². The Morgan fingerprint density at radius 1 is 0.415 bits per heavy atom. The number of hydrogen-bond acceptors (Lipinski definition) is 2. The summed E-state index contributed by atoms with van der Waals surface area (Å²) in [6.45, 7) is 8.21. The van der Waals surface area contributed by atoms with Gasteiger partial charge >= 0.3 is 0 Å². The minimum Gasteiger partial charge on any atom is -0.294 e. The highest BCUT2D eigenvalue weighted by Gasteiger charge is 2.31. The van der Waals surface area contributed by atoms with Crippen molar-refractivity contribution >= 4 is 94.6 Å². The van der Waals surface area contributed by atoms with Crippen LogP contribution in [0.15, 0.2) is 97.1 Å². The van der Waals surface area contributed by atoms with Gasteiger partial charge in [-0.1, -0.05) is 110 Å². The van der Waals surface area contributed by atoms with Crippen LogP contribution in [0, 0.1) is 0 Å². The average molecular weight is 545 g/mol. The van der Waals surface area contributed by atoms with Crippen LogP contribution in [0.4, 0.5) is 0 Å². The summed E-state index contributed by atoms with van der Waals surface area (Å²) in [6, 6.07) is 34.9. The van der Waals surface area contributed by atoms with Gasteiger partial charge in [0.1, 0.15) is 8.07 Å². The van der Waals surface area contributed by atoms with E-state index in [4.69, 9.17) is 0 Å². The Morgan fingerprint density at radius 2 is 0.707 bits per heavy atom. The van der Waals surface area contributed by atoms with Gasteiger partial charge in [0.15, 0.2) is 11.6 Å². The molecular formula is C38H28O2Si. The first-order valence-corrected chi connectivity index (χ1v) is 17.2. The van der Waals surface area contributed by atoms with Crippen molar-refractivity contribution < 1.29 is 9.59 Å². The summed E-state index contributed by atoms with van der Waals surface area (Å²) >= 11 is 0. The van der Waals surface area contributed by atoms with Crippen molar-refractivity contribution in [3.05, 3.63) is 108 Å². The zero-order chi connectivity index (χ0) is 28.2. The lowest BCUT2D eigenvalue weighted by atomic mass is 9.91. The molecule has 196 valence electrons. The van der Waals surface area contributed by atoms with Gasteiger partial charge in [-0.3, -0.25) is 9.59 Å².